The van der Waals surface area contributed by atoms with Gasteiger partial charge in [0.2, 0.25) is 0 Å². The number of amides is 2. The maximum Gasteiger partial charge on any atom is 0.318 e. The van der Waals surface area contributed by atoms with E-state index < -0.39 is 5.97 Å². The minimum absolute atomic E-state index is 0.0575. The van der Waals surface area contributed by atoms with Crippen molar-refractivity contribution in [2.75, 3.05) is 0 Å². The minimum atomic E-state index is -0.906. The summed E-state index contributed by atoms with van der Waals surface area (Å²) in [5, 5.41) is 13.4. The van der Waals surface area contributed by atoms with Crippen molar-refractivity contribution in [1.29, 1.82) is 0 Å². The Morgan fingerprint density at radius 1 is 1.03 bits per heavy atom. The van der Waals surface area contributed by atoms with E-state index in [0.29, 0.717) is 32.9 Å². The second-order valence-corrected chi connectivity index (χ2v) is 9.84. The number of halogens is 3. The number of carbonyl (C=O) groups is 2. The molecule has 0 radical (unpaired) electrons. The van der Waals surface area contributed by atoms with Gasteiger partial charge in [-0.2, -0.15) is 0 Å². The van der Waals surface area contributed by atoms with Crippen LogP contribution in [-0.2, 0) is 17.8 Å². The topological polar surface area (TPSA) is 78.9 Å². The molecule has 4 rings (SSSR count). The summed E-state index contributed by atoms with van der Waals surface area (Å²) in [5.74, 6) is -0.360. The Kier molecular flexibility index (Phi) is 7.57. The summed E-state index contributed by atoms with van der Waals surface area (Å²) in [6, 6.07) is 10.4. The molecule has 0 aromatic heterocycles. The van der Waals surface area contributed by atoms with E-state index in [1.165, 1.54) is 0 Å². The minimum Gasteiger partial charge on any atom is -0.489 e. The summed E-state index contributed by atoms with van der Waals surface area (Å²) >= 11 is 18.5. The monoisotopic (exact) mass is 510 g/mol. The van der Waals surface area contributed by atoms with E-state index in [1.807, 2.05) is 11.0 Å². The van der Waals surface area contributed by atoms with Crippen molar-refractivity contribution in [3.63, 3.8) is 0 Å². The number of hydrogen-bond donors (Lipinski definition) is 2. The lowest BCUT2D eigenvalue weighted by Crippen LogP contribution is -2.59. The zero-order valence-corrected chi connectivity index (χ0v) is 20.2. The first-order valence-corrected chi connectivity index (χ1v) is 12.1. The Labute approximate surface area is 207 Å². The van der Waals surface area contributed by atoms with Gasteiger partial charge >= 0.3 is 12.0 Å². The molecular weight excluding hydrogens is 487 g/mol. The Morgan fingerprint density at radius 2 is 1.76 bits per heavy atom. The van der Waals surface area contributed by atoms with Crippen molar-refractivity contribution < 1.29 is 19.4 Å². The number of nitrogens with one attached hydrogen (secondary N) is 1. The van der Waals surface area contributed by atoms with Gasteiger partial charge in [-0.3, -0.25) is 4.79 Å². The van der Waals surface area contributed by atoms with Crippen molar-refractivity contribution in [3.05, 3.63) is 62.6 Å². The van der Waals surface area contributed by atoms with Crippen molar-refractivity contribution >= 4 is 46.8 Å². The first-order chi connectivity index (χ1) is 15.8. The third kappa shape index (κ3) is 5.86. The van der Waals surface area contributed by atoms with Crippen LogP contribution in [0.15, 0.2) is 36.4 Å². The van der Waals surface area contributed by atoms with E-state index in [4.69, 9.17) is 44.6 Å². The molecule has 2 bridgehead atoms. The molecule has 176 valence electrons. The van der Waals surface area contributed by atoms with Gasteiger partial charge in [-0.25, -0.2) is 4.79 Å². The fraction of sp³-hybridized carbons (Fsp3) is 0.417. The molecule has 2 aromatic carbocycles. The number of aliphatic carboxylic acids is 1. The standard InChI is InChI=1S/C24H25Cl3N2O4/c25-16-6-5-15(20(26)10-16)13-28-24(32)29-17-2-1-3-18(29)12-19(11-17)33-22-7-4-14(8-21(22)27)9-23(30)31/h4-8,10,17-19H,1-3,9,11-13H2,(H,28,32)(H,30,31)/t17-,18+,19?. The van der Waals surface area contributed by atoms with Crippen LogP contribution >= 0.6 is 34.8 Å². The Morgan fingerprint density at radius 3 is 2.39 bits per heavy atom. The molecule has 3 atom stereocenters. The molecule has 2 amide bonds. The number of carboxylic acid groups (broad SMARTS) is 1. The molecule has 2 fully saturated rings. The predicted molar refractivity (Wildman–Crippen MR) is 128 cm³/mol. The summed E-state index contributed by atoms with van der Waals surface area (Å²) in [4.78, 5) is 25.9. The molecule has 2 aromatic rings. The largest absolute Gasteiger partial charge is 0.489 e. The van der Waals surface area contributed by atoms with Gasteiger partial charge in [0.15, 0.2) is 0 Å². The molecule has 9 heteroatoms. The number of ether oxygens (including phenoxy) is 1. The molecule has 33 heavy (non-hydrogen) atoms. The van der Waals surface area contributed by atoms with Crippen LogP contribution in [-0.4, -0.2) is 40.2 Å². The van der Waals surface area contributed by atoms with Gasteiger partial charge in [-0.1, -0.05) is 46.9 Å². The highest BCUT2D eigenvalue weighted by atomic mass is 35.5. The number of nitrogens with zero attached hydrogens (tertiary/aromatic N) is 1. The Bertz CT molecular complexity index is 1030. The lowest BCUT2D eigenvalue weighted by Gasteiger charge is -2.48. The lowest BCUT2D eigenvalue weighted by atomic mass is 9.83. The quantitative estimate of drug-likeness (QED) is 0.502. The molecule has 6 nitrogen and oxygen atoms in total. The normalized spacial score (nSPS) is 22.0. The lowest BCUT2D eigenvalue weighted by molar-refractivity contribution is -0.136. The first kappa shape index (κ1) is 24.0. The van der Waals surface area contributed by atoms with Gasteiger partial charge in [0.1, 0.15) is 11.9 Å². The number of carboxylic acids is 1. The second kappa shape index (κ2) is 10.4. The van der Waals surface area contributed by atoms with E-state index in [0.717, 1.165) is 37.7 Å². The van der Waals surface area contributed by atoms with Crippen molar-refractivity contribution in [3.8, 4) is 5.75 Å². The van der Waals surface area contributed by atoms with E-state index in [9.17, 15) is 9.59 Å². The average molecular weight is 512 g/mol. The van der Waals surface area contributed by atoms with Crippen LogP contribution in [0.1, 0.15) is 43.2 Å². The van der Waals surface area contributed by atoms with Crippen LogP contribution in [0.4, 0.5) is 4.79 Å². The van der Waals surface area contributed by atoms with Crippen LogP contribution in [0, 0.1) is 0 Å². The summed E-state index contributed by atoms with van der Waals surface area (Å²) in [7, 11) is 0. The van der Waals surface area contributed by atoms with Crippen LogP contribution in [0.5, 0.6) is 5.75 Å². The van der Waals surface area contributed by atoms with Gasteiger partial charge in [0.05, 0.1) is 11.4 Å². The van der Waals surface area contributed by atoms with Gasteiger partial charge in [-0.15, -0.1) is 0 Å². The van der Waals surface area contributed by atoms with Crippen LogP contribution in [0.2, 0.25) is 15.1 Å². The highest BCUT2D eigenvalue weighted by Gasteiger charge is 2.41. The summed E-state index contributed by atoms with van der Waals surface area (Å²) in [6.45, 7) is 0.336. The van der Waals surface area contributed by atoms with Gasteiger partial charge in [0, 0.05) is 41.5 Å². The van der Waals surface area contributed by atoms with E-state index in [1.54, 1.807) is 30.3 Å². The van der Waals surface area contributed by atoms with Crippen molar-refractivity contribution in [2.45, 2.75) is 63.3 Å². The number of piperidine rings is 2. The van der Waals surface area contributed by atoms with Crippen molar-refractivity contribution in [1.82, 2.24) is 10.2 Å². The molecule has 2 heterocycles. The molecule has 0 aliphatic carbocycles. The van der Waals surface area contributed by atoms with Crippen LogP contribution in [0.25, 0.3) is 0 Å². The molecular formula is C24H25Cl3N2O4. The van der Waals surface area contributed by atoms with Crippen LogP contribution in [0.3, 0.4) is 0 Å². The molecule has 2 aliphatic rings. The van der Waals surface area contributed by atoms with Gasteiger partial charge < -0.3 is 20.1 Å². The molecule has 0 spiro atoms. The van der Waals surface area contributed by atoms with Gasteiger partial charge in [0.25, 0.3) is 0 Å². The smallest absolute Gasteiger partial charge is 0.318 e. The maximum absolute atomic E-state index is 13.0. The number of benzene rings is 2. The number of carbonyl (C=O) groups excluding carboxylic acids is 1. The highest BCUT2D eigenvalue weighted by molar-refractivity contribution is 6.35. The first-order valence-electron chi connectivity index (χ1n) is 11.0. The fourth-order valence-corrected chi connectivity index (χ4v) is 5.51. The summed E-state index contributed by atoms with van der Waals surface area (Å²) in [6.07, 6.45) is 4.24. The Balaban J connectivity index is 1.38. The van der Waals surface area contributed by atoms with Crippen molar-refractivity contribution in [2.24, 2.45) is 0 Å². The number of rotatable bonds is 6. The predicted octanol–water partition coefficient (Wildman–Crippen LogP) is 5.95. The summed E-state index contributed by atoms with van der Waals surface area (Å²) in [5.41, 5.74) is 1.45. The number of hydrogen-bond acceptors (Lipinski definition) is 3. The molecule has 2 aliphatic heterocycles. The maximum atomic E-state index is 13.0. The molecule has 2 saturated heterocycles. The molecule has 2 N–H and O–H groups in total. The molecule has 0 saturated carbocycles. The number of urea groups is 1. The zero-order chi connectivity index (χ0) is 23.5. The van der Waals surface area contributed by atoms with Gasteiger partial charge in [-0.05, 0) is 54.7 Å². The number of fused-ring (bicyclic) bond motifs is 2. The Hall–Kier alpha value is -2.15. The molecule has 1 unspecified atom stereocenters. The SMILES string of the molecule is O=C(O)Cc1ccc(OC2C[C@H]3CCC[C@@H](C2)N3C(=O)NCc2ccc(Cl)cc2Cl)c(Cl)c1. The van der Waals surface area contributed by atoms with E-state index in [-0.39, 0.29) is 30.6 Å². The fourth-order valence-electron chi connectivity index (χ4n) is 4.79. The average Bonchev–Trinajstić information content (AvgIpc) is 2.74. The second-order valence-electron chi connectivity index (χ2n) is 8.59. The van der Waals surface area contributed by atoms with E-state index in [2.05, 4.69) is 5.32 Å². The van der Waals surface area contributed by atoms with E-state index >= 15 is 0 Å². The third-order valence-corrected chi connectivity index (χ3v) is 7.14. The highest BCUT2D eigenvalue weighted by Crippen LogP contribution is 2.37. The van der Waals surface area contributed by atoms with Crippen LogP contribution < -0.4 is 10.1 Å². The summed E-state index contributed by atoms with van der Waals surface area (Å²) < 4.78 is 6.20. The zero-order valence-electron chi connectivity index (χ0n) is 17.9. The third-order valence-electron chi connectivity index (χ3n) is 6.26.